The van der Waals surface area contributed by atoms with Gasteiger partial charge in [0.15, 0.2) is 5.82 Å². The Hall–Kier alpha value is -1.40. The Balaban J connectivity index is 1.73. The summed E-state index contributed by atoms with van der Waals surface area (Å²) < 4.78 is 7.64. The van der Waals surface area contributed by atoms with Crippen LogP contribution in [0.3, 0.4) is 0 Å². The number of aromatic nitrogens is 2. The standard InChI is InChI=1S/C14H22N4O2/c1-3-17-8-9-20-12-4-6-18(10-11(12)17)14(19)13-15-5-7-16(13)2/h5,7,11-12H,3-4,6,8-10H2,1-2H3/t11-,12-/m0/s1. The molecule has 6 heteroatoms. The topological polar surface area (TPSA) is 50.6 Å². The van der Waals surface area contributed by atoms with Crippen LogP contribution >= 0.6 is 0 Å². The molecule has 3 rings (SSSR count). The van der Waals surface area contributed by atoms with Crippen molar-refractivity contribution < 1.29 is 9.53 Å². The molecule has 2 fully saturated rings. The molecule has 6 nitrogen and oxygen atoms in total. The minimum absolute atomic E-state index is 0.0255. The Morgan fingerprint density at radius 3 is 3.05 bits per heavy atom. The molecule has 2 saturated heterocycles. The molecule has 0 unspecified atom stereocenters. The summed E-state index contributed by atoms with van der Waals surface area (Å²) in [4.78, 5) is 21.0. The average molecular weight is 278 g/mol. The van der Waals surface area contributed by atoms with Crippen LogP contribution < -0.4 is 0 Å². The maximum absolute atomic E-state index is 12.5. The van der Waals surface area contributed by atoms with Crippen LogP contribution in [0, 0.1) is 0 Å². The molecule has 2 aliphatic rings. The number of aryl methyl sites for hydroxylation is 1. The second-order valence-electron chi connectivity index (χ2n) is 5.51. The van der Waals surface area contributed by atoms with Gasteiger partial charge in [-0.25, -0.2) is 4.98 Å². The number of hydrogen-bond acceptors (Lipinski definition) is 4. The number of fused-ring (bicyclic) bond motifs is 1. The summed E-state index contributed by atoms with van der Waals surface area (Å²) in [6.45, 7) is 6.44. The van der Waals surface area contributed by atoms with E-state index in [1.807, 2.05) is 18.1 Å². The fraction of sp³-hybridized carbons (Fsp3) is 0.714. The van der Waals surface area contributed by atoms with Crippen LogP contribution in [0.25, 0.3) is 0 Å². The highest BCUT2D eigenvalue weighted by atomic mass is 16.5. The molecular weight excluding hydrogens is 256 g/mol. The first-order chi connectivity index (χ1) is 9.70. The highest BCUT2D eigenvalue weighted by molar-refractivity contribution is 5.90. The number of morpholine rings is 1. The lowest BCUT2D eigenvalue weighted by atomic mass is 9.98. The number of piperidine rings is 1. The summed E-state index contributed by atoms with van der Waals surface area (Å²) in [5.74, 6) is 0.542. The number of amides is 1. The second kappa shape index (κ2) is 5.54. The smallest absolute Gasteiger partial charge is 0.289 e. The van der Waals surface area contributed by atoms with E-state index in [9.17, 15) is 4.79 Å². The van der Waals surface area contributed by atoms with Gasteiger partial charge in [0.2, 0.25) is 0 Å². The van der Waals surface area contributed by atoms with E-state index >= 15 is 0 Å². The molecule has 0 aliphatic carbocycles. The summed E-state index contributed by atoms with van der Waals surface area (Å²) in [6, 6.07) is 0.326. The molecule has 0 N–H and O–H groups in total. The Bertz CT molecular complexity index is 481. The molecule has 1 aromatic rings. The number of ether oxygens (including phenoxy) is 1. The van der Waals surface area contributed by atoms with Crippen LogP contribution in [0.4, 0.5) is 0 Å². The minimum atomic E-state index is 0.0255. The lowest BCUT2D eigenvalue weighted by Gasteiger charge is -2.46. The van der Waals surface area contributed by atoms with E-state index in [0.29, 0.717) is 11.9 Å². The van der Waals surface area contributed by atoms with Crippen molar-refractivity contribution in [3.63, 3.8) is 0 Å². The normalized spacial score (nSPS) is 27.4. The fourth-order valence-electron chi connectivity index (χ4n) is 3.23. The Labute approximate surface area is 119 Å². The zero-order valence-corrected chi connectivity index (χ0v) is 12.2. The van der Waals surface area contributed by atoms with Crippen molar-refractivity contribution in [1.29, 1.82) is 0 Å². The highest BCUT2D eigenvalue weighted by Gasteiger charge is 2.38. The molecule has 0 radical (unpaired) electrons. The molecule has 3 heterocycles. The number of likely N-dealkylation sites (N-methyl/N-ethyl adjacent to an activating group) is 1. The van der Waals surface area contributed by atoms with Gasteiger partial charge < -0.3 is 14.2 Å². The molecule has 2 atom stereocenters. The Morgan fingerprint density at radius 2 is 2.35 bits per heavy atom. The predicted octanol–water partition coefficient (Wildman–Crippen LogP) is 0.355. The summed E-state index contributed by atoms with van der Waals surface area (Å²) in [5, 5.41) is 0. The minimum Gasteiger partial charge on any atom is -0.375 e. The van der Waals surface area contributed by atoms with Gasteiger partial charge in [-0.3, -0.25) is 9.69 Å². The van der Waals surface area contributed by atoms with Crippen LogP contribution in [0.15, 0.2) is 12.4 Å². The third kappa shape index (κ3) is 2.33. The summed E-state index contributed by atoms with van der Waals surface area (Å²) in [7, 11) is 1.86. The first-order valence-corrected chi connectivity index (χ1v) is 7.33. The maximum Gasteiger partial charge on any atom is 0.289 e. The quantitative estimate of drug-likeness (QED) is 0.783. The molecule has 0 aromatic carbocycles. The van der Waals surface area contributed by atoms with E-state index in [0.717, 1.165) is 39.2 Å². The van der Waals surface area contributed by atoms with E-state index in [1.165, 1.54) is 0 Å². The fourth-order valence-corrected chi connectivity index (χ4v) is 3.23. The summed E-state index contributed by atoms with van der Waals surface area (Å²) >= 11 is 0. The molecular formula is C14H22N4O2. The van der Waals surface area contributed by atoms with Crippen molar-refractivity contribution in [2.45, 2.75) is 25.5 Å². The molecule has 20 heavy (non-hydrogen) atoms. The SMILES string of the molecule is CCN1CCO[C@H]2CCN(C(=O)c3nccn3C)C[C@@H]21. The third-order valence-electron chi connectivity index (χ3n) is 4.41. The van der Waals surface area contributed by atoms with Gasteiger partial charge in [0, 0.05) is 39.1 Å². The van der Waals surface area contributed by atoms with Crippen molar-refractivity contribution >= 4 is 5.91 Å². The van der Waals surface area contributed by atoms with Gasteiger partial charge in [-0.15, -0.1) is 0 Å². The van der Waals surface area contributed by atoms with Crippen molar-refractivity contribution in [2.75, 3.05) is 32.8 Å². The van der Waals surface area contributed by atoms with Crippen molar-refractivity contribution in [1.82, 2.24) is 19.4 Å². The number of nitrogens with zero attached hydrogens (tertiary/aromatic N) is 4. The average Bonchev–Trinajstić information content (AvgIpc) is 2.91. The van der Waals surface area contributed by atoms with Gasteiger partial charge in [-0.1, -0.05) is 6.92 Å². The number of carbonyl (C=O) groups excluding carboxylic acids is 1. The first kappa shape index (κ1) is 13.6. The summed E-state index contributed by atoms with van der Waals surface area (Å²) in [5.41, 5.74) is 0. The van der Waals surface area contributed by atoms with E-state index in [4.69, 9.17) is 4.74 Å². The number of likely N-dealkylation sites (tertiary alicyclic amines) is 1. The zero-order valence-electron chi connectivity index (χ0n) is 12.2. The van der Waals surface area contributed by atoms with Crippen molar-refractivity contribution in [2.24, 2.45) is 7.05 Å². The first-order valence-electron chi connectivity index (χ1n) is 7.33. The number of imidazole rings is 1. The molecule has 0 spiro atoms. The lowest BCUT2D eigenvalue weighted by Crippen LogP contribution is -2.60. The lowest BCUT2D eigenvalue weighted by molar-refractivity contribution is -0.0963. The third-order valence-corrected chi connectivity index (χ3v) is 4.41. The largest absolute Gasteiger partial charge is 0.375 e. The molecule has 0 saturated carbocycles. The zero-order chi connectivity index (χ0) is 14.1. The summed E-state index contributed by atoms with van der Waals surface area (Å²) in [6.07, 6.45) is 4.66. The molecule has 110 valence electrons. The number of carbonyl (C=O) groups is 1. The molecule has 0 bridgehead atoms. The Morgan fingerprint density at radius 1 is 1.50 bits per heavy atom. The van der Waals surface area contributed by atoms with Gasteiger partial charge in [0.1, 0.15) is 0 Å². The van der Waals surface area contributed by atoms with Crippen molar-refractivity contribution in [3.05, 3.63) is 18.2 Å². The number of rotatable bonds is 2. The van der Waals surface area contributed by atoms with Crippen molar-refractivity contribution in [3.8, 4) is 0 Å². The molecule has 1 amide bonds. The van der Waals surface area contributed by atoms with Crippen LogP contribution in [0.5, 0.6) is 0 Å². The highest BCUT2D eigenvalue weighted by Crippen LogP contribution is 2.23. The predicted molar refractivity (Wildman–Crippen MR) is 74.5 cm³/mol. The van der Waals surface area contributed by atoms with E-state index in [-0.39, 0.29) is 12.0 Å². The Kier molecular flexibility index (Phi) is 3.76. The molecule has 1 aromatic heterocycles. The van der Waals surface area contributed by atoms with E-state index in [1.54, 1.807) is 10.8 Å². The van der Waals surface area contributed by atoms with Crippen LogP contribution in [0.1, 0.15) is 24.0 Å². The van der Waals surface area contributed by atoms with E-state index < -0.39 is 0 Å². The van der Waals surface area contributed by atoms with Crippen LogP contribution in [0.2, 0.25) is 0 Å². The van der Waals surface area contributed by atoms with Gasteiger partial charge in [-0.2, -0.15) is 0 Å². The van der Waals surface area contributed by atoms with Crippen LogP contribution in [-0.2, 0) is 11.8 Å². The second-order valence-corrected chi connectivity index (χ2v) is 5.51. The number of hydrogen-bond donors (Lipinski definition) is 0. The monoisotopic (exact) mass is 278 g/mol. The van der Waals surface area contributed by atoms with Gasteiger partial charge >= 0.3 is 0 Å². The van der Waals surface area contributed by atoms with Gasteiger partial charge in [-0.05, 0) is 13.0 Å². The van der Waals surface area contributed by atoms with Gasteiger partial charge in [0.25, 0.3) is 5.91 Å². The maximum atomic E-state index is 12.5. The van der Waals surface area contributed by atoms with Gasteiger partial charge in [0.05, 0.1) is 18.8 Å². The van der Waals surface area contributed by atoms with E-state index in [2.05, 4.69) is 16.8 Å². The van der Waals surface area contributed by atoms with Crippen LogP contribution in [-0.4, -0.2) is 70.2 Å². The molecule has 2 aliphatic heterocycles.